The molecule has 0 saturated carbocycles. The number of hydrogen-bond acceptors (Lipinski definition) is 2. The van der Waals surface area contributed by atoms with Crippen molar-refractivity contribution in [3.8, 4) is 0 Å². The molecule has 0 radical (unpaired) electrons. The van der Waals surface area contributed by atoms with E-state index in [1.165, 1.54) is 12.1 Å². The van der Waals surface area contributed by atoms with Crippen LogP contribution in [-0.4, -0.2) is 17.0 Å². The van der Waals surface area contributed by atoms with Crippen LogP contribution >= 0.6 is 0 Å². The van der Waals surface area contributed by atoms with Crippen molar-refractivity contribution in [2.75, 3.05) is 5.32 Å². The van der Waals surface area contributed by atoms with E-state index in [1.807, 2.05) is 6.92 Å². The lowest BCUT2D eigenvalue weighted by atomic mass is 10.1. The van der Waals surface area contributed by atoms with E-state index >= 15 is 0 Å². The van der Waals surface area contributed by atoms with Gasteiger partial charge in [-0.05, 0) is 37.0 Å². The number of carbonyl (C=O) groups is 2. The Kier molecular flexibility index (Phi) is 4.89. The smallest absolute Gasteiger partial charge is 0.335 e. The van der Waals surface area contributed by atoms with Crippen LogP contribution in [0.15, 0.2) is 18.2 Å². The van der Waals surface area contributed by atoms with E-state index < -0.39 is 5.97 Å². The lowest BCUT2D eigenvalue weighted by Gasteiger charge is -2.10. The first-order valence-corrected chi connectivity index (χ1v) is 6.04. The Morgan fingerprint density at radius 2 is 2.00 bits per heavy atom. The number of benzene rings is 1. The second-order valence-corrected chi connectivity index (χ2v) is 4.82. The zero-order chi connectivity index (χ0) is 13.7. The summed E-state index contributed by atoms with van der Waals surface area (Å²) in [6.45, 7) is 5.96. The van der Waals surface area contributed by atoms with Crippen LogP contribution in [-0.2, 0) is 4.79 Å². The fourth-order valence-electron chi connectivity index (χ4n) is 1.52. The summed E-state index contributed by atoms with van der Waals surface area (Å²) in [6.07, 6.45) is 1.28. The van der Waals surface area contributed by atoms with Crippen LogP contribution in [0, 0.1) is 12.8 Å². The molecule has 0 heterocycles. The molecule has 0 spiro atoms. The van der Waals surface area contributed by atoms with Crippen LogP contribution in [0.25, 0.3) is 0 Å². The van der Waals surface area contributed by atoms with Gasteiger partial charge >= 0.3 is 5.97 Å². The molecule has 0 bridgehead atoms. The van der Waals surface area contributed by atoms with Gasteiger partial charge < -0.3 is 10.4 Å². The monoisotopic (exact) mass is 249 g/mol. The van der Waals surface area contributed by atoms with Crippen LogP contribution in [0.1, 0.15) is 42.6 Å². The molecule has 1 aromatic carbocycles. The quantitative estimate of drug-likeness (QED) is 0.842. The van der Waals surface area contributed by atoms with Crippen molar-refractivity contribution >= 4 is 17.6 Å². The fraction of sp³-hybridized carbons (Fsp3) is 0.429. The topological polar surface area (TPSA) is 66.4 Å². The molecule has 0 saturated heterocycles. The molecular weight excluding hydrogens is 230 g/mol. The van der Waals surface area contributed by atoms with E-state index in [9.17, 15) is 9.59 Å². The van der Waals surface area contributed by atoms with Crippen LogP contribution in [0.5, 0.6) is 0 Å². The molecule has 0 aliphatic carbocycles. The van der Waals surface area contributed by atoms with Crippen LogP contribution < -0.4 is 5.32 Å². The van der Waals surface area contributed by atoms with Gasteiger partial charge in [-0.2, -0.15) is 0 Å². The van der Waals surface area contributed by atoms with Crippen molar-refractivity contribution in [1.82, 2.24) is 0 Å². The third-order valence-corrected chi connectivity index (χ3v) is 2.71. The van der Waals surface area contributed by atoms with Crippen molar-refractivity contribution in [2.24, 2.45) is 5.92 Å². The molecule has 4 heteroatoms. The number of aromatic carboxylic acids is 1. The predicted octanol–water partition coefficient (Wildman–Crippen LogP) is 3.07. The van der Waals surface area contributed by atoms with Gasteiger partial charge in [0.2, 0.25) is 5.91 Å². The first-order chi connectivity index (χ1) is 8.40. The minimum Gasteiger partial charge on any atom is -0.478 e. The maximum Gasteiger partial charge on any atom is 0.335 e. The third kappa shape index (κ3) is 4.20. The molecule has 18 heavy (non-hydrogen) atoms. The van der Waals surface area contributed by atoms with Crippen molar-refractivity contribution in [3.05, 3.63) is 29.3 Å². The van der Waals surface area contributed by atoms with Gasteiger partial charge in [0, 0.05) is 12.1 Å². The average molecular weight is 249 g/mol. The lowest BCUT2D eigenvalue weighted by Crippen LogP contribution is -2.13. The number of anilines is 1. The Morgan fingerprint density at radius 1 is 1.33 bits per heavy atom. The Bertz CT molecular complexity index is 452. The summed E-state index contributed by atoms with van der Waals surface area (Å²) in [6, 6.07) is 4.72. The predicted molar refractivity (Wildman–Crippen MR) is 70.8 cm³/mol. The van der Waals surface area contributed by atoms with Gasteiger partial charge in [0.15, 0.2) is 0 Å². The summed E-state index contributed by atoms with van der Waals surface area (Å²) >= 11 is 0. The van der Waals surface area contributed by atoms with Crippen LogP contribution in [0.4, 0.5) is 5.69 Å². The maximum atomic E-state index is 11.7. The summed E-state index contributed by atoms with van der Waals surface area (Å²) in [4.78, 5) is 22.5. The van der Waals surface area contributed by atoms with Crippen molar-refractivity contribution in [1.29, 1.82) is 0 Å². The van der Waals surface area contributed by atoms with Crippen molar-refractivity contribution in [2.45, 2.75) is 33.6 Å². The summed E-state index contributed by atoms with van der Waals surface area (Å²) < 4.78 is 0. The highest BCUT2D eigenvalue weighted by Crippen LogP contribution is 2.17. The third-order valence-electron chi connectivity index (χ3n) is 2.71. The van der Waals surface area contributed by atoms with Gasteiger partial charge in [0.25, 0.3) is 0 Å². The van der Waals surface area contributed by atoms with E-state index in [-0.39, 0.29) is 11.5 Å². The zero-order valence-electron chi connectivity index (χ0n) is 11.0. The molecule has 0 fully saturated rings. The Balaban J connectivity index is 2.74. The Labute approximate surface area is 107 Å². The number of hydrogen-bond donors (Lipinski definition) is 2. The van der Waals surface area contributed by atoms with E-state index in [2.05, 4.69) is 19.2 Å². The van der Waals surface area contributed by atoms with Gasteiger partial charge in [-0.3, -0.25) is 4.79 Å². The number of amides is 1. The molecule has 1 rings (SSSR count). The van der Waals surface area contributed by atoms with Crippen molar-refractivity contribution in [3.63, 3.8) is 0 Å². The largest absolute Gasteiger partial charge is 0.478 e. The Hall–Kier alpha value is -1.84. The summed E-state index contributed by atoms with van der Waals surface area (Å²) in [7, 11) is 0. The van der Waals surface area contributed by atoms with Gasteiger partial charge in [-0.25, -0.2) is 4.79 Å². The van der Waals surface area contributed by atoms with E-state index in [0.717, 1.165) is 12.0 Å². The maximum absolute atomic E-state index is 11.7. The normalized spacial score (nSPS) is 10.4. The second kappa shape index (κ2) is 6.19. The zero-order valence-corrected chi connectivity index (χ0v) is 11.0. The molecule has 0 aliphatic rings. The fourth-order valence-corrected chi connectivity index (χ4v) is 1.52. The molecule has 0 unspecified atom stereocenters. The van der Waals surface area contributed by atoms with Gasteiger partial charge in [-0.1, -0.05) is 19.9 Å². The first-order valence-electron chi connectivity index (χ1n) is 6.04. The highest BCUT2D eigenvalue weighted by Gasteiger charge is 2.09. The number of rotatable bonds is 5. The molecule has 4 nitrogen and oxygen atoms in total. The van der Waals surface area contributed by atoms with E-state index in [0.29, 0.717) is 18.0 Å². The van der Waals surface area contributed by atoms with Crippen LogP contribution in [0.3, 0.4) is 0 Å². The molecule has 0 aromatic heterocycles. The Morgan fingerprint density at radius 3 is 2.56 bits per heavy atom. The number of carboxylic acids is 1. The van der Waals surface area contributed by atoms with Gasteiger partial charge in [0.05, 0.1) is 5.56 Å². The molecule has 1 aromatic rings. The highest BCUT2D eigenvalue weighted by atomic mass is 16.4. The number of carboxylic acid groups (broad SMARTS) is 1. The van der Waals surface area contributed by atoms with Crippen molar-refractivity contribution < 1.29 is 14.7 Å². The average Bonchev–Trinajstić information content (AvgIpc) is 2.29. The summed E-state index contributed by atoms with van der Waals surface area (Å²) in [5.41, 5.74) is 1.61. The molecule has 0 atom stereocenters. The van der Waals surface area contributed by atoms with Gasteiger partial charge in [-0.15, -0.1) is 0 Å². The number of nitrogens with one attached hydrogen (secondary N) is 1. The second-order valence-electron chi connectivity index (χ2n) is 4.82. The number of carbonyl (C=O) groups excluding carboxylic acids is 1. The highest BCUT2D eigenvalue weighted by molar-refractivity contribution is 5.94. The first kappa shape index (κ1) is 14.2. The number of aryl methyl sites for hydroxylation is 1. The van der Waals surface area contributed by atoms with Crippen LogP contribution in [0.2, 0.25) is 0 Å². The minimum atomic E-state index is -0.993. The molecular formula is C14H19NO3. The molecule has 98 valence electrons. The van der Waals surface area contributed by atoms with E-state index in [4.69, 9.17) is 5.11 Å². The SMILES string of the molecule is Cc1ccc(C(=O)O)cc1NC(=O)CCC(C)C. The summed E-state index contributed by atoms with van der Waals surface area (Å²) in [5.74, 6) is -0.593. The minimum absolute atomic E-state index is 0.0747. The molecule has 0 aliphatic heterocycles. The van der Waals surface area contributed by atoms with E-state index in [1.54, 1.807) is 6.07 Å². The lowest BCUT2D eigenvalue weighted by molar-refractivity contribution is -0.116. The molecule has 2 N–H and O–H groups in total. The summed E-state index contributed by atoms with van der Waals surface area (Å²) in [5, 5.41) is 11.7. The molecule has 1 amide bonds. The standard InChI is InChI=1S/C14H19NO3/c1-9(2)4-7-13(16)15-12-8-11(14(17)18)6-5-10(12)3/h5-6,8-9H,4,7H2,1-3H3,(H,15,16)(H,17,18). The van der Waals surface area contributed by atoms with Gasteiger partial charge in [0.1, 0.15) is 0 Å².